The Balaban J connectivity index is 1.31. The zero-order chi connectivity index (χ0) is 25.1. The van der Waals surface area contributed by atoms with Crippen molar-refractivity contribution in [1.82, 2.24) is 9.97 Å². The summed E-state index contributed by atoms with van der Waals surface area (Å²) < 4.78 is 0. The molecular weight excluding hydrogens is 460 g/mol. The molecular formula is C36H22N2. The van der Waals surface area contributed by atoms with Gasteiger partial charge in [-0.15, -0.1) is 0 Å². The highest BCUT2D eigenvalue weighted by Gasteiger charge is 2.15. The Morgan fingerprint density at radius 3 is 1.58 bits per heavy atom. The van der Waals surface area contributed by atoms with Gasteiger partial charge in [0.15, 0.2) is 0 Å². The highest BCUT2D eigenvalue weighted by molar-refractivity contribution is 6.27. The molecule has 0 fully saturated rings. The van der Waals surface area contributed by atoms with Crippen molar-refractivity contribution < 1.29 is 0 Å². The minimum atomic E-state index is 1.04. The molecule has 8 rings (SSSR count). The summed E-state index contributed by atoms with van der Waals surface area (Å²) in [5.41, 5.74) is 8.28. The first-order chi connectivity index (χ1) is 18.8. The van der Waals surface area contributed by atoms with E-state index in [1.54, 1.807) is 0 Å². The lowest BCUT2D eigenvalue weighted by atomic mass is 9.87. The van der Waals surface area contributed by atoms with Crippen molar-refractivity contribution in [3.05, 3.63) is 134 Å². The molecule has 2 heterocycles. The van der Waals surface area contributed by atoms with Gasteiger partial charge < -0.3 is 0 Å². The zero-order valence-corrected chi connectivity index (χ0v) is 20.6. The van der Waals surface area contributed by atoms with Crippen LogP contribution in [0.2, 0.25) is 0 Å². The summed E-state index contributed by atoms with van der Waals surface area (Å²) in [5.74, 6) is 0. The van der Waals surface area contributed by atoms with Crippen molar-refractivity contribution in [3.8, 4) is 33.4 Å². The molecule has 0 unspecified atom stereocenters. The summed E-state index contributed by atoms with van der Waals surface area (Å²) in [6, 6.07) is 41.7. The maximum atomic E-state index is 4.65. The second kappa shape index (κ2) is 8.22. The fraction of sp³-hybridized carbons (Fsp3) is 0. The van der Waals surface area contributed by atoms with Crippen molar-refractivity contribution in [1.29, 1.82) is 0 Å². The number of pyridine rings is 2. The summed E-state index contributed by atoms with van der Waals surface area (Å²) in [6.07, 6.45) is 5.60. The molecule has 0 radical (unpaired) electrons. The van der Waals surface area contributed by atoms with Gasteiger partial charge in [0, 0.05) is 29.5 Å². The molecule has 0 saturated carbocycles. The van der Waals surface area contributed by atoms with Crippen LogP contribution in [-0.4, -0.2) is 9.97 Å². The maximum absolute atomic E-state index is 4.65. The molecule has 38 heavy (non-hydrogen) atoms. The molecule has 0 aliphatic heterocycles. The minimum absolute atomic E-state index is 1.04. The van der Waals surface area contributed by atoms with Crippen LogP contribution < -0.4 is 0 Å². The van der Waals surface area contributed by atoms with E-state index in [-0.39, 0.29) is 0 Å². The Bertz CT molecular complexity index is 2100. The van der Waals surface area contributed by atoms with E-state index in [1.807, 2.05) is 24.7 Å². The molecule has 8 aromatic rings. The molecule has 2 heteroatoms. The molecule has 0 bridgehead atoms. The second-order valence-corrected chi connectivity index (χ2v) is 9.84. The molecule has 0 aliphatic carbocycles. The number of benzene rings is 6. The first-order valence-electron chi connectivity index (χ1n) is 12.9. The van der Waals surface area contributed by atoms with Gasteiger partial charge in [0.05, 0.1) is 5.52 Å². The third-order valence-electron chi connectivity index (χ3n) is 7.80. The van der Waals surface area contributed by atoms with Crippen molar-refractivity contribution in [2.24, 2.45) is 0 Å². The van der Waals surface area contributed by atoms with E-state index in [9.17, 15) is 0 Å². The summed E-state index contributed by atoms with van der Waals surface area (Å²) >= 11 is 0. The lowest BCUT2D eigenvalue weighted by Gasteiger charge is -2.16. The van der Waals surface area contributed by atoms with E-state index in [2.05, 4.69) is 119 Å². The average Bonchev–Trinajstić information content (AvgIpc) is 3.00. The molecule has 176 valence electrons. The number of hydrogen-bond donors (Lipinski definition) is 0. The van der Waals surface area contributed by atoms with Crippen molar-refractivity contribution in [2.45, 2.75) is 0 Å². The van der Waals surface area contributed by atoms with Gasteiger partial charge in [0.25, 0.3) is 0 Å². The minimum Gasteiger partial charge on any atom is -0.265 e. The number of nitrogens with zero attached hydrogens (tertiary/aromatic N) is 2. The highest BCUT2D eigenvalue weighted by atomic mass is 14.6. The van der Waals surface area contributed by atoms with Crippen LogP contribution in [0.3, 0.4) is 0 Å². The van der Waals surface area contributed by atoms with Crippen LogP contribution in [0.5, 0.6) is 0 Å². The summed E-state index contributed by atoms with van der Waals surface area (Å²) in [7, 11) is 0. The Morgan fingerprint density at radius 2 is 0.921 bits per heavy atom. The number of aromatic nitrogens is 2. The molecule has 0 amide bonds. The van der Waals surface area contributed by atoms with Crippen LogP contribution in [0.1, 0.15) is 0 Å². The first-order valence-corrected chi connectivity index (χ1v) is 12.9. The van der Waals surface area contributed by atoms with E-state index >= 15 is 0 Å². The molecule has 0 aliphatic rings. The van der Waals surface area contributed by atoms with Gasteiger partial charge in [0.1, 0.15) is 0 Å². The fourth-order valence-corrected chi connectivity index (χ4v) is 6.00. The van der Waals surface area contributed by atoms with Gasteiger partial charge >= 0.3 is 0 Å². The van der Waals surface area contributed by atoms with Crippen molar-refractivity contribution in [3.63, 3.8) is 0 Å². The number of hydrogen-bond acceptors (Lipinski definition) is 2. The number of rotatable bonds is 3. The Kier molecular flexibility index (Phi) is 4.55. The molecule has 6 aromatic carbocycles. The molecule has 0 saturated heterocycles. The van der Waals surface area contributed by atoms with Gasteiger partial charge in [-0.1, -0.05) is 97.1 Å². The van der Waals surface area contributed by atoms with Crippen LogP contribution in [-0.2, 0) is 0 Å². The largest absolute Gasteiger partial charge is 0.265 e. The van der Waals surface area contributed by atoms with Crippen LogP contribution in [0.4, 0.5) is 0 Å². The van der Waals surface area contributed by atoms with Crippen molar-refractivity contribution >= 4 is 43.2 Å². The highest BCUT2D eigenvalue weighted by Crippen LogP contribution is 2.42. The quantitative estimate of drug-likeness (QED) is 0.234. The van der Waals surface area contributed by atoms with E-state index in [4.69, 9.17) is 0 Å². The third-order valence-corrected chi connectivity index (χ3v) is 7.80. The maximum Gasteiger partial charge on any atom is 0.0780 e. The van der Waals surface area contributed by atoms with Crippen molar-refractivity contribution in [2.75, 3.05) is 0 Å². The summed E-state index contributed by atoms with van der Waals surface area (Å²) in [5, 5.41) is 8.92. The SMILES string of the molecule is c1cnc2c(-c3ccc(-c4ccc5ccc6c(-c7ccncc7)ccc7ccc4c5c76)cc3)cccc2c1. The van der Waals surface area contributed by atoms with Gasteiger partial charge in [0.2, 0.25) is 0 Å². The third kappa shape index (κ3) is 3.14. The topological polar surface area (TPSA) is 25.8 Å². The van der Waals surface area contributed by atoms with E-state index in [0.29, 0.717) is 0 Å². The normalized spacial score (nSPS) is 11.7. The lowest BCUT2D eigenvalue weighted by molar-refractivity contribution is 1.33. The van der Waals surface area contributed by atoms with Gasteiger partial charge in [-0.2, -0.15) is 0 Å². The Hall–Kier alpha value is -5.08. The Labute approximate surface area is 220 Å². The standard InChI is InChI=1S/C36H22N2/c1-3-28-4-2-20-38-36(28)31(5-1)24-8-6-23(7-9-24)29-14-10-26-13-17-33-30(25-18-21-37-22-19-25)15-11-27-12-16-32(29)34(26)35(27)33/h1-22H. The predicted molar refractivity (Wildman–Crippen MR) is 160 cm³/mol. The Morgan fingerprint density at radius 1 is 0.368 bits per heavy atom. The average molecular weight is 483 g/mol. The number of para-hydroxylation sites is 1. The van der Waals surface area contributed by atoms with Gasteiger partial charge in [-0.25, -0.2) is 0 Å². The van der Waals surface area contributed by atoms with Crippen LogP contribution in [0, 0.1) is 0 Å². The van der Waals surface area contributed by atoms with Gasteiger partial charge in [-0.05, 0) is 78.3 Å². The van der Waals surface area contributed by atoms with Gasteiger partial charge in [-0.3, -0.25) is 9.97 Å². The van der Waals surface area contributed by atoms with E-state index in [1.165, 1.54) is 60.1 Å². The van der Waals surface area contributed by atoms with Crippen LogP contribution in [0.25, 0.3) is 76.6 Å². The second-order valence-electron chi connectivity index (χ2n) is 9.84. The molecule has 0 atom stereocenters. The summed E-state index contributed by atoms with van der Waals surface area (Å²) in [6.45, 7) is 0. The first kappa shape index (κ1) is 21.0. The van der Waals surface area contributed by atoms with E-state index < -0.39 is 0 Å². The fourth-order valence-electron chi connectivity index (χ4n) is 6.00. The van der Waals surface area contributed by atoms with Crippen LogP contribution in [0.15, 0.2) is 134 Å². The summed E-state index contributed by atoms with van der Waals surface area (Å²) in [4.78, 5) is 8.87. The molecule has 2 aromatic heterocycles. The number of fused-ring (bicyclic) bond motifs is 1. The predicted octanol–water partition coefficient (Wildman–Crippen LogP) is 9.53. The zero-order valence-electron chi connectivity index (χ0n) is 20.6. The molecule has 2 nitrogen and oxygen atoms in total. The molecule has 0 spiro atoms. The lowest BCUT2D eigenvalue weighted by Crippen LogP contribution is -1.90. The monoisotopic (exact) mass is 482 g/mol. The smallest absolute Gasteiger partial charge is 0.0780 e. The molecule has 0 N–H and O–H groups in total. The van der Waals surface area contributed by atoms with Crippen LogP contribution >= 0.6 is 0 Å². The van der Waals surface area contributed by atoms with E-state index in [0.717, 1.165) is 16.5 Å².